The Balaban J connectivity index is 1.93. The van der Waals surface area contributed by atoms with Crippen molar-refractivity contribution in [3.63, 3.8) is 0 Å². The lowest BCUT2D eigenvalue weighted by Crippen LogP contribution is -2.35. The summed E-state index contributed by atoms with van der Waals surface area (Å²) in [5.74, 6) is 1.12. The Morgan fingerprint density at radius 1 is 1.37 bits per heavy atom. The first-order chi connectivity index (χ1) is 9.13. The van der Waals surface area contributed by atoms with Crippen molar-refractivity contribution in [1.82, 2.24) is 10.5 Å². The first-order valence-electron chi connectivity index (χ1n) is 6.95. The Labute approximate surface area is 113 Å². The fourth-order valence-corrected chi connectivity index (χ4v) is 2.91. The number of hydrogen-bond acceptors (Lipinski definition) is 4. The van der Waals surface area contributed by atoms with Crippen molar-refractivity contribution in [3.8, 4) is 0 Å². The Hall–Kier alpha value is -1.36. The third kappa shape index (κ3) is 3.15. The van der Waals surface area contributed by atoms with E-state index in [1.807, 2.05) is 0 Å². The number of aromatic nitrogens is 1. The molecule has 0 aliphatic heterocycles. The molecule has 19 heavy (non-hydrogen) atoms. The molecule has 0 aromatic carbocycles. The molecular weight excluding hydrogens is 244 g/mol. The van der Waals surface area contributed by atoms with Crippen LogP contribution in [0.3, 0.4) is 0 Å². The molecule has 1 aliphatic carbocycles. The van der Waals surface area contributed by atoms with E-state index >= 15 is 0 Å². The molecule has 1 fully saturated rings. The van der Waals surface area contributed by atoms with Crippen LogP contribution in [-0.2, 0) is 0 Å². The summed E-state index contributed by atoms with van der Waals surface area (Å²) in [5.41, 5.74) is 1.16. The summed E-state index contributed by atoms with van der Waals surface area (Å²) in [4.78, 5) is 12.1. The minimum Gasteiger partial charge on any atom is -0.396 e. The fourth-order valence-electron chi connectivity index (χ4n) is 2.91. The molecular formula is C14H22N2O3. The summed E-state index contributed by atoms with van der Waals surface area (Å²) in [6.45, 7) is 4.34. The van der Waals surface area contributed by atoms with Crippen LogP contribution in [-0.4, -0.2) is 29.3 Å². The Bertz CT molecular complexity index is 422. The van der Waals surface area contributed by atoms with Crippen molar-refractivity contribution >= 4 is 5.91 Å². The van der Waals surface area contributed by atoms with Crippen LogP contribution in [0.15, 0.2) is 4.52 Å². The summed E-state index contributed by atoms with van der Waals surface area (Å²) < 4.78 is 5.00. The zero-order valence-corrected chi connectivity index (χ0v) is 11.6. The molecule has 2 N–H and O–H groups in total. The van der Waals surface area contributed by atoms with E-state index in [4.69, 9.17) is 4.52 Å². The zero-order chi connectivity index (χ0) is 13.8. The van der Waals surface area contributed by atoms with Crippen LogP contribution in [0.5, 0.6) is 0 Å². The van der Waals surface area contributed by atoms with Crippen LogP contribution < -0.4 is 5.32 Å². The van der Waals surface area contributed by atoms with E-state index in [9.17, 15) is 9.90 Å². The summed E-state index contributed by atoms with van der Waals surface area (Å²) >= 11 is 0. The molecule has 5 nitrogen and oxygen atoms in total. The zero-order valence-electron chi connectivity index (χ0n) is 11.6. The maximum atomic E-state index is 12.1. The minimum atomic E-state index is -0.126. The number of rotatable bonds is 4. The van der Waals surface area contributed by atoms with Crippen molar-refractivity contribution < 1.29 is 14.4 Å². The van der Waals surface area contributed by atoms with Gasteiger partial charge in [0.1, 0.15) is 11.3 Å². The highest BCUT2D eigenvalue weighted by Gasteiger charge is 2.25. The summed E-state index contributed by atoms with van der Waals surface area (Å²) in [7, 11) is 0. The largest absolute Gasteiger partial charge is 0.396 e. The van der Waals surface area contributed by atoms with Gasteiger partial charge < -0.3 is 14.9 Å². The van der Waals surface area contributed by atoms with Gasteiger partial charge in [0, 0.05) is 13.2 Å². The monoisotopic (exact) mass is 266 g/mol. The average Bonchev–Trinajstić information content (AvgIpc) is 2.76. The normalized spacial score (nSPS) is 23.3. The number of nitrogens with one attached hydrogen (secondary N) is 1. The summed E-state index contributed by atoms with van der Waals surface area (Å²) in [6, 6.07) is 0. The van der Waals surface area contributed by atoms with Gasteiger partial charge in [0.2, 0.25) is 0 Å². The second kappa shape index (κ2) is 6.19. The molecule has 1 heterocycles. The number of amides is 1. The number of aliphatic hydroxyl groups is 1. The van der Waals surface area contributed by atoms with Gasteiger partial charge in [0.05, 0.1) is 5.69 Å². The van der Waals surface area contributed by atoms with Crippen molar-refractivity contribution in [3.05, 3.63) is 17.0 Å². The molecule has 0 bridgehead atoms. The van der Waals surface area contributed by atoms with Crippen molar-refractivity contribution in [2.75, 3.05) is 13.2 Å². The van der Waals surface area contributed by atoms with Crippen molar-refractivity contribution in [1.29, 1.82) is 0 Å². The number of carbonyl (C=O) groups is 1. The van der Waals surface area contributed by atoms with Gasteiger partial charge >= 0.3 is 0 Å². The van der Waals surface area contributed by atoms with E-state index < -0.39 is 0 Å². The predicted molar refractivity (Wildman–Crippen MR) is 70.8 cm³/mol. The molecule has 1 aliphatic rings. The number of aryl methyl sites for hydroxylation is 2. The van der Waals surface area contributed by atoms with Crippen molar-refractivity contribution in [2.24, 2.45) is 11.8 Å². The highest BCUT2D eigenvalue weighted by molar-refractivity contribution is 5.96. The van der Waals surface area contributed by atoms with E-state index in [1.165, 1.54) is 12.8 Å². The first-order valence-corrected chi connectivity index (χ1v) is 6.95. The summed E-state index contributed by atoms with van der Waals surface area (Å²) in [5, 5.41) is 16.1. The van der Waals surface area contributed by atoms with Gasteiger partial charge in [-0.25, -0.2) is 0 Å². The van der Waals surface area contributed by atoms with Gasteiger partial charge in [-0.05, 0) is 38.5 Å². The molecule has 2 atom stereocenters. The van der Waals surface area contributed by atoms with Gasteiger partial charge in [-0.2, -0.15) is 0 Å². The van der Waals surface area contributed by atoms with Gasteiger partial charge in [-0.1, -0.05) is 18.0 Å². The van der Waals surface area contributed by atoms with Crippen LogP contribution in [0.2, 0.25) is 0 Å². The van der Waals surface area contributed by atoms with Crippen LogP contribution in [0, 0.1) is 25.7 Å². The molecule has 106 valence electrons. The van der Waals surface area contributed by atoms with Gasteiger partial charge in [0.15, 0.2) is 0 Å². The van der Waals surface area contributed by atoms with E-state index in [2.05, 4.69) is 10.5 Å². The molecule has 1 aromatic heterocycles. The third-order valence-corrected chi connectivity index (χ3v) is 4.09. The number of carbonyl (C=O) groups excluding carboxylic acids is 1. The van der Waals surface area contributed by atoms with Gasteiger partial charge in [0.25, 0.3) is 5.91 Å². The van der Waals surface area contributed by atoms with Crippen LogP contribution >= 0.6 is 0 Å². The lowest BCUT2D eigenvalue weighted by atomic mass is 9.79. The smallest absolute Gasteiger partial charge is 0.256 e. The quantitative estimate of drug-likeness (QED) is 0.871. The van der Waals surface area contributed by atoms with Gasteiger partial charge in [-0.3, -0.25) is 4.79 Å². The second-order valence-corrected chi connectivity index (χ2v) is 5.40. The Kier molecular flexibility index (Phi) is 4.58. The topological polar surface area (TPSA) is 75.4 Å². The number of nitrogens with zero attached hydrogens (tertiary/aromatic N) is 1. The molecule has 1 saturated carbocycles. The molecule has 2 unspecified atom stereocenters. The third-order valence-electron chi connectivity index (χ3n) is 4.09. The molecule has 5 heteroatoms. The molecule has 1 aromatic rings. The molecule has 2 rings (SSSR count). The first kappa shape index (κ1) is 14.1. The maximum Gasteiger partial charge on any atom is 0.256 e. The number of hydrogen-bond donors (Lipinski definition) is 2. The van der Waals surface area contributed by atoms with Crippen molar-refractivity contribution in [2.45, 2.75) is 39.5 Å². The molecule has 1 amide bonds. The minimum absolute atomic E-state index is 0.126. The average molecular weight is 266 g/mol. The predicted octanol–water partition coefficient (Wildman–Crippen LogP) is 1.82. The number of aliphatic hydroxyl groups excluding tert-OH is 1. The second-order valence-electron chi connectivity index (χ2n) is 5.40. The van der Waals surface area contributed by atoms with Crippen LogP contribution in [0.25, 0.3) is 0 Å². The van der Waals surface area contributed by atoms with E-state index in [0.717, 1.165) is 12.8 Å². The highest BCUT2D eigenvalue weighted by atomic mass is 16.5. The highest BCUT2D eigenvalue weighted by Crippen LogP contribution is 2.29. The van der Waals surface area contributed by atoms with Gasteiger partial charge in [-0.15, -0.1) is 0 Å². The molecule has 0 radical (unpaired) electrons. The molecule has 0 spiro atoms. The van der Waals surface area contributed by atoms with E-state index in [-0.39, 0.29) is 12.5 Å². The van der Waals surface area contributed by atoms with E-state index in [1.54, 1.807) is 13.8 Å². The van der Waals surface area contributed by atoms with Crippen LogP contribution in [0.1, 0.15) is 47.5 Å². The summed E-state index contributed by atoms with van der Waals surface area (Å²) in [6.07, 6.45) is 4.50. The van der Waals surface area contributed by atoms with Crippen LogP contribution in [0.4, 0.5) is 0 Å². The lowest BCUT2D eigenvalue weighted by Gasteiger charge is -2.30. The van der Waals surface area contributed by atoms with E-state index in [0.29, 0.717) is 35.4 Å². The Morgan fingerprint density at radius 2 is 2.05 bits per heavy atom. The SMILES string of the molecule is Cc1noc(C)c1C(=O)NCC1CCCCC1CO. The lowest BCUT2D eigenvalue weighted by molar-refractivity contribution is 0.0907. The standard InChI is InChI=1S/C14H22N2O3/c1-9-13(10(2)19-16-9)14(18)15-7-11-5-3-4-6-12(11)8-17/h11-12,17H,3-8H2,1-2H3,(H,15,18). The maximum absolute atomic E-state index is 12.1. The molecule has 0 saturated heterocycles. The fraction of sp³-hybridized carbons (Fsp3) is 0.714. The Morgan fingerprint density at radius 3 is 2.63 bits per heavy atom.